The highest BCUT2D eigenvalue weighted by molar-refractivity contribution is 7.17. The van der Waals surface area contributed by atoms with Crippen molar-refractivity contribution >= 4 is 33.0 Å². The molecule has 0 N–H and O–H groups in total. The summed E-state index contributed by atoms with van der Waals surface area (Å²) >= 11 is 7.71. The molecular formula is C16H10ClNOS. The minimum absolute atomic E-state index is 0.492. The Labute approximate surface area is 125 Å². The molecule has 4 heteroatoms. The molecule has 0 atom stereocenters. The first-order valence-corrected chi connectivity index (χ1v) is 7.30. The number of nitrogens with zero attached hydrogens (tertiary/aromatic N) is 1. The van der Waals surface area contributed by atoms with Gasteiger partial charge in [0.2, 0.25) is 0 Å². The lowest BCUT2D eigenvalue weighted by atomic mass is 10.2. The van der Waals surface area contributed by atoms with E-state index in [1.165, 1.54) is 4.70 Å². The van der Waals surface area contributed by atoms with E-state index in [1.54, 1.807) is 35.6 Å². The van der Waals surface area contributed by atoms with Crippen LogP contribution in [0.1, 0.15) is 11.1 Å². The van der Waals surface area contributed by atoms with Gasteiger partial charge in [0, 0.05) is 20.7 Å². The van der Waals surface area contributed by atoms with Gasteiger partial charge in [0.25, 0.3) is 0 Å². The number of hydrogen-bond acceptors (Lipinski definition) is 3. The number of ether oxygens (including phenoxy) is 1. The summed E-state index contributed by atoms with van der Waals surface area (Å²) < 4.78 is 6.95. The molecule has 2 aromatic carbocycles. The smallest absolute Gasteiger partial charge is 0.119 e. The van der Waals surface area contributed by atoms with Gasteiger partial charge in [-0.3, -0.25) is 0 Å². The van der Waals surface area contributed by atoms with Crippen LogP contribution in [-0.2, 0) is 6.61 Å². The zero-order chi connectivity index (χ0) is 13.9. The monoisotopic (exact) mass is 299 g/mol. The summed E-state index contributed by atoms with van der Waals surface area (Å²) in [6.45, 7) is 0.492. The van der Waals surface area contributed by atoms with Crippen LogP contribution in [0.2, 0.25) is 5.02 Å². The molecule has 0 aliphatic carbocycles. The molecule has 3 rings (SSSR count). The van der Waals surface area contributed by atoms with Gasteiger partial charge in [0.15, 0.2) is 0 Å². The van der Waals surface area contributed by atoms with Crippen molar-refractivity contribution in [2.24, 2.45) is 0 Å². The van der Waals surface area contributed by atoms with Crippen LogP contribution >= 0.6 is 22.9 Å². The highest BCUT2D eigenvalue weighted by Crippen LogP contribution is 2.29. The number of rotatable bonds is 3. The molecule has 98 valence electrons. The largest absolute Gasteiger partial charge is 0.489 e. The summed E-state index contributed by atoms with van der Waals surface area (Å²) in [7, 11) is 0. The maximum atomic E-state index is 8.75. The van der Waals surface area contributed by atoms with E-state index in [4.69, 9.17) is 21.6 Å². The molecule has 0 radical (unpaired) electrons. The third-order valence-corrected chi connectivity index (χ3v) is 4.24. The SMILES string of the molecule is N#Cc1ccc(OCc2csc3ccc(Cl)cc23)cc1. The summed E-state index contributed by atoms with van der Waals surface area (Å²) in [6.07, 6.45) is 0. The Morgan fingerprint density at radius 2 is 1.95 bits per heavy atom. The molecule has 0 saturated carbocycles. The van der Waals surface area contributed by atoms with Gasteiger partial charge in [-0.25, -0.2) is 0 Å². The predicted molar refractivity (Wildman–Crippen MR) is 82.3 cm³/mol. The Balaban J connectivity index is 1.79. The highest BCUT2D eigenvalue weighted by Gasteiger charge is 2.05. The molecule has 0 spiro atoms. The van der Waals surface area contributed by atoms with Gasteiger partial charge in [-0.05, 0) is 47.8 Å². The average Bonchev–Trinajstić information content (AvgIpc) is 2.88. The molecule has 1 heterocycles. The van der Waals surface area contributed by atoms with Crippen LogP contribution in [0.3, 0.4) is 0 Å². The van der Waals surface area contributed by atoms with Crippen molar-refractivity contribution in [3.63, 3.8) is 0 Å². The fourth-order valence-corrected chi connectivity index (χ4v) is 3.05. The van der Waals surface area contributed by atoms with E-state index in [2.05, 4.69) is 11.4 Å². The van der Waals surface area contributed by atoms with Crippen LogP contribution in [0.5, 0.6) is 5.75 Å². The molecule has 0 aliphatic heterocycles. The normalized spacial score (nSPS) is 10.4. The van der Waals surface area contributed by atoms with Crippen molar-refractivity contribution < 1.29 is 4.74 Å². The maximum absolute atomic E-state index is 8.75. The first kappa shape index (κ1) is 13.0. The third kappa shape index (κ3) is 2.62. The van der Waals surface area contributed by atoms with Crippen molar-refractivity contribution in [3.8, 4) is 11.8 Å². The standard InChI is InChI=1S/C16H10ClNOS/c17-13-3-6-16-15(7-13)12(10-20-16)9-19-14-4-1-11(8-18)2-5-14/h1-7,10H,9H2. The number of nitriles is 1. The highest BCUT2D eigenvalue weighted by atomic mass is 35.5. The lowest BCUT2D eigenvalue weighted by Gasteiger charge is -2.05. The Morgan fingerprint density at radius 1 is 1.15 bits per heavy atom. The second-order valence-electron chi connectivity index (χ2n) is 4.33. The zero-order valence-corrected chi connectivity index (χ0v) is 12.0. The van der Waals surface area contributed by atoms with Crippen LogP contribution in [-0.4, -0.2) is 0 Å². The average molecular weight is 300 g/mol. The van der Waals surface area contributed by atoms with Gasteiger partial charge in [-0.1, -0.05) is 11.6 Å². The van der Waals surface area contributed by atoms with Gasteiger partial charge in [0.05, 0.1) is 11.6 Å². The van der Waals surface area contributed by atoms with E-state index in [0.29, 0.717) is 12.2 Å². The van der Waals surface area contributed by atoms with Gasteiger partial charge >= 0.3 is 0 Å². The molecule has 0 fully saturated rings. The summed E-state index contributed by atoms with van der Waals surface area (Å²) in [6, 6.07) is 15.1. The molecular weight excluding hydrogens is 290 g/mol. The van der Waals surface area contributed by atoms with Crippen molar-refractivity contribution in [1.29, 1.82) is 5.26 Å². The molecule has 0 amide bonds. The van der Waals surface area contributed by atoms with Crippen molar-refractivity contribution in [2.45, 2.75) is 6.61 Å². The van der Waals surface area contributed by atoms with Crippen molar-refractivity contribution in [2.75, 3.05) is 0 Å². The van der Waals surface area contributed by atoms with Crippen LogP contribution in [0.4, 0.5) is 0 Å². The molecule has 1 aromatic heterocycles. The van der Waals surface area contributed by atoms with E-state index in [1.807, 2.05) is 18.2 Å². The molecule has 0 aliphatic rings. The first-order chi connectivity index (χ1) is 9.76. The van der Waals surface area contributed by atoms with Crippen LogP contribution < -0.4 is 4.74 Å². The second kappa shape index (κ2) is 5.54. The molecule has 0 unspecified atom stereocenters. The topological polar surface area (TPSA) is 33.0 Å². The van der Waals surface area contributed by atoms with Crippen LogP contribution in [0.15, 0.2) is 47.8 Å². The van der Waals surface area contributed by atoms with Gasteiger partial charge < -0.3 is 4.74 Å². The lowest BCUT2D eigenvalue weighted by Crippen LogP contribution is -1.94. The quantitative estimate of drug-likeness (QED) is 0.681. The Hall–Kier alpha value is -2.02. The summed E-state index contributed by atoms with van der Waals surface area (Å²) in [5, 5.41) is 12.7. The summed E-state index contributed by atoms with van der Waals surface area (Å²) in [5.74, 6) is 0.755. The van der Waals surface area contributed by atoms with E-state index >= 15 is 0 Å². The Morgan fingerprint density at radius 3 is 2.70 bits per heavy atom. The van der Waals surface area contributed by atoms with E-state index in [-0.39, 0.29) is 0 Å². The van der Waals surface area contributed by atoms with Crippen molar-refractivity contribution in [1.82, 2.24) is 0 Å². The fraction of sp³-hybridized carbons (Fsp3) is 0.0625. The van der Waals surface area contributed by atoms with Gasteiger partial charge in [-0.15, -0.1) is 11.3 Å². The summed E-state index contributed by atoms with van der Waals surface area (Å²) in [4.78, 5) is 0. The molecule has 0 bridgehead atoms. The van der Waals surface area contributed by atoms with Crippen LogP contribution in [0.25, 0.3) is 10.1 Å². The summed E-state index contributed by atoms with van der Waals surface area (Å²) in [5.41, 5.74) is 1.75. The van der Waals surface area contributed by atoms with E-state index in [0.717, 1.165) is 21.7 Å². The Bertz CT molecular complexity index is 786. The second-order valence-corrected chi connectivity index (χ2v) is 5.67. The van der Waals surface area contributed by atoms with E-state index in [9.17, 15) is 0 Å². The molecule has 3 aromatic rings. The zero-order valence-electron chi connectivity index (χ0n) is 10.5. The predicted octanol–water partition coefficient (Wildman–Crippen LogP) is 5.01. The molecule has 2 nitrogen and oxygen atoms in total. The number of fused-ring (bicyclic) bond motifs is 1. The maximum Gasteiger partial charge on any atom is 0.119 e. The number of thiophene rings is 1. The van der Waals surface area contributed by atoms with E-state index < -0.39 is 0 Å². The van der Waals surface area contributed by atoms with Gasteiger partial charge in [0.1, 0.15) is 12.4 Å². The van der Waals surface area contributed by atoms with Crippen molar-refractivity contribution in [3.05, 3.63) is 64.0 Å². The third-order valence-electron chi connectivity index (χ3n) is 2.99. The Kier molecular flexibility index (Phi) is 3.60. The number of halogens is 1. The molecule has 0 saturated heterocycles. The fourth-order valence-electron chi connectivity index (χ4n) is 1.95. The van der Waals surface area contributed by atoms with Gasteiger partial charge in [-0.2, -0.15) is 5.26 Å². The lowest BCUT2D eigenvalue weighted by molar-refractivity contribution is 0.308. The first-order valence-electron chi connectivity index (χ1n) is 6.05. The molecule has 20 heavy (non-hydrogen) atoms. The van der Waals surface area contributed by atoms with Crippen LogP contribution in [0, 0.1) is 11.3 Å². The minimum Gasteiger partial charge on any atom is -0.489 e. The number of benzene rings is 2. The minimum atomic E-state index is 0.492. The number of hydrogen-bond donors (Lipinski definition) is 0.